The zero-order valence-corrected chi connectivity index (χ0v) is 19.8. The highest BCUT2D eigenvalue weighted by atomic mass is 35.5. The van der Waals surface area contributed by atoms with Gasteiger partial charge in [-0.3, -0.25) is 4.90 Å². The minimum atomic E-state index is 0.270. The molecular formula is C24H23Cl3N2S. The van der Waals surface area contributed by atoms with Crippen LogP contribution in [0.5, 0.6) is 0 Å². The summed E-state index contributed by atoms with van der Waals surface area (Å²) in [5.74, 6) is 0. The molecule has 0 aliphatic carbocycles. The van der Waals surface area contributed by atoms with Crippen molar-refractivity contribution in [3.63, 3.8) is 0 Å². The Hall–Kier alpha value is -1.36. The van der Waals surface area contributed by atoms with E-state index in [2.05, 4.69) is 59.2 Å². The fourth-order valence-corrected chi connectivity index (χ4v) is 5.40. The van der Waals surface area contributed by atoms with E-state index in [4.69, 9.17) is 34.8 Å². The second kappa shape index (κ2) is 9.84. The highest BCUT2D eigenvalue weighted by molar-refractivity contribution is 7.99. The summed E-state index contributed by atoms with van der Waals surface area (Å²) in [4.78, 5) is 7.24. The van der Waals surface area contributed by atoms with Crippen molar-refractivity contribution in [1.82, 2.24) is 4.90 Å². The van der Waals surface area contributed by atoms with Crippen LogP contribution < -0.4 is 4.90 Å². The maximum Gasteiger partial charge on any atom is 0.0603 e. The summed E-state index contributed by atoms with van der Waals surface area (Å²) in [5.41, 5.74) is 2.54. The fourth-order valence-electron chi connectivity index (χ4n) is 3.81. The number of hydrogen-bond donors (Lipinski definition) is 0. The zero-order valence-electron chi connectivity index (χ0n) is 16.7. The summed E-state index contributed by atoms with van der Waals surface area (Å²) in [7, 11) is 0. The maximum absolute atomic E-state index is 6.38. The fraction of sp³-hybridized carbons (Fsp3) is 0.250. The second-order valence-corrected chi connectivity index (χ2v) is 9.76. The predicted octanol–water partition coefficient (Wildman–Crippen LogP) is 7.68. The number of halogens is 3. The van der Waals surface area contributed by atoms with Gasteiger partial charge in [0.1, 0.15) is 0 Å². The minimum Gasteiger partial charge on any atom is -0.369 e. The average Bonchev–Trinajstić information content (AvgIpc) is 2.78. The molecule has 0 unspecified atom stereocenters. The van der Waals surface area contributed by atoms with Crippen LogP contribution in [0.15, 0.2) is 76.5 Å². The predicted molar refractivity (Wildman–Crippen MR) is 131 cm³/mol. The SMILES string of the molecule is C[C@@H](c1cc(Cl)ccc1Sc1ccc(Cl)c(Cl)c1)N1CCN(c2ccccc2)CC1. The number of hydrogen-bond acceptors (Lipinski definition) is 3. The van der Waals surface area contributed by atoms with Crippen LogP contribution in [-0.2, 0) is 0 Å². The first-order valence-electron chi connectivity index (χ1n) is 9.97. The van der Waals surface area contributed by atoms with Crippen molar-refractivity contribution < 1.29 is 0 Å². The van der Waals surface area contributed by atoms with Crippen molar-refractivity contribution in [2.24, 2.45) is 0 Å². The molecule has 0 bridgehead atoms. The third kappa shape index (κ3) is 5.09. The summed E-state index contributed by atoms with van der Waals surface area (Å²) >= 11 is 20.4. The Balaban J connectivity index is 1.50. The topological polar surface area (TPSA) is 6.48 Å². The molecule has 0 saturated carbocycles. The van der Waals surface area contributed by atoms with Gasteiger partial charge in [-0.25, -0.2) is 0 Å². The Morgan fingerprint density at radius 1 is 0.800 bits per heavy atom. The highest BCUT2D eigenvalue weighted by Gasteiger charge is 2.24. The molecule has 30 heavy (non-hydrogen) atoms. The molecule has 156 valence electrons. The molecule has 3 aromatic carbocycles. The Kier molecular flexibility index (Phi) is 7.17. The molecule has 1 heterocycles. The third-order valence-corrected chi connectivity index (χ3v) is 7.58. The first-order chi connectivity index (χ1) is 14.5. The van der Waals surface area contributed by atoms with Crippen molar-refractivity contribution >= 4 is 52.3 Å². The molecule has 3 aromatic rings. The Morgan fingerprint density at radius 3 is 2.23 bits per heavy atom. The van der Waals surface area contributed by atoms with E-state index >= 15 is 0 Å². The van der Waals surface area contributed by atoms with Gasteiger partial charge in [-0.2, -0.15) is 0 Å². The first kappa shape index (κ1) is 21.9. The van der Waals surface area contributed by atoms with Gasteiger partial charge >= 0.3 is 0 Å². The third-order valence-electron chi connectivity index (χ3n) is 5.52. The standard InChI is InChI=1S/C24H23Cl3N2S/c1-17(28-11-13-29(14-12-28)19-5-3-2-4-6-19)21-15-18(25)7-10-24(21)30-20-8-9-22(26)23(27)16-20/h2-10,15-17H,11-14H2,1H3/t17-/m0/s1. The van der Waals surface area contributed by atoms with E-state index in [1.54, 1.807) is 11.8 Å². The van der Waals surface area contributed by atoms with Crippen LogP contribution in [0, 0.1) is 0 Å². The van der Waals surface area contributed by atoms with Crippen molar-refractivity contribution in [2.75, 3.05) is 31.1 Å². The van der Waals surface area contributed by atoms with Gasteiger partial charge in [0.15, 0.2) is 0 Å². The molecule has 0 spiro atoms. The lowest BCUT2D eigenvalue weighted by atomic mass is 10.1. The molecule has 4 rings (SSSR count). The number of piperazine rings is 1. The molecule has 6 heteroatoms. The van der Waals surface area contributed by atoms with Gasteiger partial charge < -0.3 is 4.90 Å². The summed E-state index contributed by atoms with van der Waals surface area (Å²) in [6.45, 7) is 6.33. The minimum absolute atomic E-state index is 0.270. The molecular weight excluding hydrogens is 455 g/mol. The van der Waals surface area contributed by atoms with Crippen molar-refractivity contribution in [3.8, 4) is 0 Å². The summed E-state index contributed by atoms with van der Waals surface area (Å²) in [6, 6.07) is 22.8. The Labute approximate surface area is 197 Å². The van der Waals surface area contributed by atoms with Crippen molar-refractivity contribution in [1.29, 1.82) is 0 Å². The van der Waals surface area contributed by atoms with Crippen LogP contribution in [0.1, 0.15) is 18.5 Å². The van der Waals surface area contributed by atoms with Gasteiger partial charge in [-0.15, -0.1) is 0 Å². The smallest absolute Gasteiger partial charge is 0.0603 e. The zero-order chi connectivity index (χ0) is 21.1. The Bertz CT molecular complexity index is 1000. The highest BCUT2D eigenvalue weighted by Crippen LogP contribution is 2.39. The van der Waals surface area contributed by atoms with E-state index in [9.17, 15) is 0 Å². The normalized spacial score (nSPS) is 15.9. The van der Waals surface area contributed by atoms with Gasteiger partial charge in [0.25, 0.3) is 0 Å². The number of rotatable bonds is 5. The van der Waals surface area contributed by atoms with Crippen LogP contribution in [0.2, 0.25) is 15.1 Å². The van der Waals surface area contributed by atoms with E-state index in [0.717, 1.165) is 36.1 Å². The van der Waals surface area contributed by atoms with Crippen LogP contribution in [0.4, 0.5) is 5.69 Å². The molecule has 1 atom stereocenters. The molecule has 0 N–H and O–H groups in total. The first-order valence-corrected chi connectivity index (χ1v) is 11.9. The molecule has 1 aliphatic rings. The molecule has 0 aromatic heterocycles. The molecule has 0 amide bonds. The van der Waals surface area contributed by atoms with E-state index in [-0.39, 0.29) is 6.04 Å². The van der Waals surface area contributed by atoms with Crippen LogP contribution >= 0.6 is 46.6 Å². The van der Waals surface area contributed by atoms with Gasteiger partial charge in [0, 0.05) is 52.7 Å². The Morgan fingerprint density at radius 2 is 1.53 bits per heavy atom. The molecule has 0 radical (unpaired) electrons. The van der Waals surface area contributed by atoms with E-state index in [1.807, 2.05) is 24.3 Å². The van der Waals surface area contributed by atoms with Crippen LogP contribution in [0.25, 0.3) is 0 Å². The second-order valence-electron chi connectivity index (χ2n) is 7.39. The average molecular weight is 478 g/mol. The lowest BCUT2D eigenvalue weighted by molar-refractivity contribution is 0.196. The lowest BCUT2D eigenvalue weighted by Crippen LogP contribution is -2.47. The van der Waals surface area contributed by atoms with E-state index in [1.165, 1.54) is 16.1 Å². The molecule has 1 fully saturated rings. The van der Waals surface area contributed by atoms with Crippen LogP contribution in [0.3, 0.4) is 0 Å². The summed E-state index contributed by atoms with van der Waals surface area (Å²) in [6.07, 6.45) is 0. The molecule has 2 nitrogen and oxygen atoms in total. The summed E-state index contributed by atoms with van der Waals surface area (Å²) in [5, 5.41) is 1.91. The summed E-state index contributed by atoms with van der Waals surface area (Å²) < 4.78 is 0. The number of benzene rings is 3. The maximum atomic E-state index is 6.38. The number of para-hydroxylation sites is 1. The van der Waals surface area contributed by atoms with Crippen molar-refractivity contribution in [3.05, 3.63) is 87.4 Å². The number of nitrogens with zero attached hydrogens (tertiary/aromatic N) is 2. The monoisotopic (exact) mass is 476 g/mol. The largest absolute Gasteiger partial charge is 0.369 e. The van der Waals surface area contributed by atoms with Gasteiger partial charge in [-0.1, -0.05) is 64.8 Å². The molecule has 1 aliphatic heterocycles. The van der Waals surface area contributed by atoms with E-state index in [0.29, 0.717) is 10.0 Å². The quantitative estimate of drug-likeness (QED) is 0.372. The number of anilines is 1. The van der Waals surface area contributed by atoms with Crippen LogP contribution in [-0.4, -0.2) is 31.1 Å². The van der Waals surface area contributed by atoms with Gasteiger partial charge in [-0.05, 0) is 61.0 Å². The van der Waals surface area contributed by atoms with Gasteiger partial charge in [0.05, 0.1) is 10.0 Å². The van der Waals surface area contributed by atoms with Crippen molar-refractivity contribution in [2.45, 2.75) is 22.8 Å². The molecule has 1 saturated heterocycles. The lowest BCUT2D eigenvalue weighted by Gasteiger charge is -2.39. The van der Waals surface area contributed by atoms with E-state index < -0.39 is 0 Å². The van der Waals surface area contributed by atoms with Gasteiger partial charge in [0.2, 0.25) is 0 Å².